The first-order chi connectivity index (χ1) is 16.3. The van der Waals surface area contributed by atoms with Gasteiger partial charge in [0.05, 0.1) is 0 Å². The molecule has 0 bridgehead atoms. The second-order valence-corrected chi connectivity index (χ2v) is 10.7. The smallest absolute Gasteiger partial charge is 1.00 e. The van der Waals surface area contributed by atoms with E-state index in [1.54, 1.807) is 0 Å². The van der Waals surface area contributed by atoms with Gasteiger partial charge in [-0.2, -0.15) is 29.8 Å². The summed E-state index contributed by atoms with van der Waals surface area (Å²) in [4.78, 5) is 0. The van der Waals surface area contributed by atoms with Crippen molar-refractivity contribution in [1.82, 2.24) is 0 Å². The summed E-state index contributed by atoms with van der Waals surface area (Å²) in [5.74, 6) is 0.556. The number of benzene rings is 3. The summed E-state index contributed by atoms with van der Waals surface area (Å²) < 4.78 is 1.46. The van der Waals surface area contributed by atoms with Crippen molar-refractivity contribution in [2.75, 3.05) is 0 Å². The van der Waals surface area contributed by atoms with Crippen molar-refractivity contribution in [3.05, 3.63) is 131 Å². The number of allylic oxidation sites excluding steroid dienone is 4. The van der Waals surface area contributed by atoms with Crippen molar-refractivity contribution >= 4 is 15.4 Å². The average molecular weight is 591 g/mol. The van der Waals surface area contributed by atoms with Crippen LogP contribution >= 0.6 is 0 Å². The minimum atomic E-state index is 0. The monoisotopic (exact) mass is 588 g/mol. The Balaban J connectivity index is 0.000000293. The molecule has 3 aromatic carbocycles. The van der Waals surface area contributed by atoms with Crippen LogP contribution in [0.5, 0.6) is 0 Å². The van der Waals surface area contributed by atoms with Crippen LogP contribution in [0.25, 0.3) is 23.3 Å². The molecule has 2 aliphatic rings. The van der Waals surface area contributed by atoms with Crippen LogP contribution < -0.4 is 24.8 Å². The largest absolute Gasteiger partial charge is 1.00 e. The molecule has 184 valence electrons. The number of aryl methyl sites for hydroxylation is 1. The van der Waals surface area contributed by atoms with Gasteiger partial charge in [0.25, 0.3) is 0 Å². The minimum absolute atomic E-state index is 0. The fourth-order valence-electron chi connectivity index (χ4n) is 3.92. The molecule has 0 fully saturated rings. The molecule has 36 heavy (non-hydrogen) atoms. The molecule has 0 radical (unpaired) electrons. The summed E-state index contributed by atoms with van der Waals surface area (Å²) >= 11 is 1.51. The van der Waals surface area contributed by atoms with Gasteiger partial charge in [0.2, 0.25) is 0 Å². The summed E-state index contributed by atoms with van der Waals surface area (Å²) in [6.45, 7) is 16.1. The Labute approximate surface area is 245 Å². The summed E-state index contributed by atoms with van der Waals surface area (Å²) in [6.07, 6.45) is 12.1. The van der Waals surface area contributed by atoms with E-state index >= 15 is 0 Å². The van der Waals surface area contributed by atoms with Gasteiger partial charge < -0.3 is 24.8 Å². The van der Waals surface area contributed by atoms with Gasteiger partial charge in [-0.15, -0.1) is 30.7 Å². The van der Waals surface area contributed by atoms with Crippen LogP contribution in [0, 0.1) is 25.0 Å². The van der Waals surface area contributed by atoms with E-state index in [4.69, 9.17) is 0 Å². The van der Waals surface area contributed by atoms with Gasteiger partial charge in [0, 0.05) is 0 Å². The molecular formula is C33H32Cl2Zr-2. The van der Waals surface area contributed by atoms with E-state index in [1.807, 2.05) is 24.3 Å². The zero-order valence-electron chi connectivity index (χ0n) is 21.5. The predicted octanol–water partition coefficient (Wildman–Crippen LogP) is 2.38. The number of halogens is 2. The third kappa shape index (κ3) is 8.81. The van der Waals surface area contributed by atoms with Crippen molar-refractivity contribution in [2.45, 2.75) is 34.1 Å². The van der Waals surface area contributed by atoms with Crippen LogP contribution in [0.1, 0.15) is 54.2 Å². The van der Waals surface area contributed by atoms with E-state index in [1.165, 1.54) is 72.0 Å². The third-order valence-corrected chi connectivity index (χ3v) is 6.59. The molecule has 1 unspecified atom stereocenters. The molecule has 3 heteroatoms. The Hall–Kier alpha value is -2.05. The maximum absolute atomic E-state index is 3.82. The predicted molar refractivity (Wildman–Crippen MR) is 145 cm³/mol. The molecular weight excluding hydrogens is 558 g/mol. The first kappa shape index (κ1) is 32.0. The topological polar surface area (TPSA) is 0 Å². The van der Waals surface area contributed by atoms with E-state index in [2.05, 4.69) is 108 Å². The second kappa shape index (κ2) is 15.3. The van der Waals surface area contributed by atoms with Gasteiger partial charge in [-0.25, -0.2) is 11.6 Å². The maximum atomic E-state index is 3.82. The average Bonchev–Trinajstić information content (AvgIpc) is 3.40. The number of hydrogen-bond donors (Lipinski definition) is 0. The molecule has 1 atom stereocenters. The van der Waals surface area contributed by atoms with E-state index in [0.29, 0.717) is 5.92 Å². The SMILES string of the molecule is C=Cc1c[c-]c2c(c1)-c1cc(C=C)ccc1C2.CC1=CC(C)[C-]=C1.C[C](=[Zr+2])c1ccc(C)cc1.[Cl-].[Cl-]. The summed E-state index contributed by atoms with van der Waals surface area (Å²) in [5, 5.41) is 0. The van der Waals surface area contributed by atoms with Gasteiger partial charge in [-0.3, -0.25) is 6.08 Å². The van der Waals surface area contributed by atoms with Crippen LogP contribution in [0.15, 0.2) is 85.5 Å². The molecule has 2 aliphatic carbocycles. The zero-order chi connectivity index (χ0) is 24.7. The summed E-state index contributed by atoms with van der Waals surface area (Å²) in [7, 11) is 0. The standard InChI is InChI=1S/C17H13.C9H10.C7H9.2ClH.Zr/c1-3-12-5-7-14-11-15-8-6-13(4-2)10-17(15)16(14)9-12;1-3-9-6-4-8(2)5-7-9;1-6-3-4-7(2)5-6;;;/h3-7,9-10H,1-2,11H2;4-7H,1-2H3;3,5,7H,1-2H3;2*1H;/q-1;;-1;;;+2/p-2. The summed E-state index contributed by atoms with van der Waals surface area (Å²) in [5.41, 5.74) is 11.6. The fraction of sp³-hybridized carbons (Fsp3) is 0.182. The molecule has 0 saturated carbocycles. The van der Waals surface area contributed by atoms with Gasteiger partial charge in [-0.1, -0.05) is 54.8 Å². The van der Waals surface area contributed by atoms with Gasteiger partial charge >= 0.3 is 76.7 Å². The van der Waals surface area contributed by atoms with Crippen LogP contribution in [0.3, 0.4) is 0 Å². The van der Waals surface area contributed by atoms with Crippen LogP contribution in [-0.4, -0.2) is 3.21 Å². The van der Waals surface area contributed by atoms with Gasteiger partial charge in [0.15, 0.2) is 0 Å². The minimum Gasteiger partial charge on any atom is -1.00 e. The van der Waals surface area contributed by atoms with Crippen LogP contribution in [0.4, 0.5) is 0 Å². The molecule has 0 nitrogen and oxygen atoms in total. The molecule has 0 aliphatic heterocycles. The molecule has 5 rings (SSSR count). The van der Waals surface area contributed by atoms with Crippen molar-refractivity contribution in [3.8, 4) is 11.1 Å². The Morgan fingerprint density at radius 1 is 0.944 bits per heavy atom. The Kier molecular flexibility index (Phi) is 13.6. The van der Waals surface area contributed by atoms with Gasteiger partial charge in [0.1, 0.15) is 0 Å². The molecule has 0 N–H and O–H groups in total. The van der Waals surface area contributed by atoms with Crippen molar-refractivity contribution in [2.24, 2.45) is 5.92 Å². The van der Waals surface area contributed by atoms with E-state index in [0.717, 1.165) is 12.0 Å². The quantitative estimate of drug-likeness (QED) is 0.322. The van der Waals surface area contributed by atoms with Crippen molar-refractivity contribution in [3.63, 3.8) is 0 Å². The van der Waals surface area contributed by atoms with Crippen LogP contribution in [-0.2, 0) is 30.7 Å². The van der Waals surface area contributed by atoms with E-state index < -0.39 is 0 Å². The Morgan fingerprint density at radius 2 is 1.58 bits per heavy atom. The first-order valence-electron chi connectivity index (χ1n) is 11.6. The molecule has 0 heterocycles. The molecule has 0 saturated heterocycles. The number of rotatable bonds is 3. The fourth-order valence-corrected chi connectivity index (χ4v) is 4.33. The van der Waals surface area contributed by atoms with Gasteiger partial charge in [-0.05, 0) is 12.0 Å². The van der Waals surface area contributed by atoms with E-state index in [-0.39, 0.29) is 24.8 Å². The van der Waals surface area contributed by atoms with Crippen LogP contribution in [0.2, 0.25) is 0 Å². The van der Waals surface area contributed by atoms with Crippen molar-refractivity contribution < 1.29 is 49.0 Å². The Morgan fingerprint density at radius 3 is 2.08 bits per heavy atom. The van der Waals surface area contributed by atoms with E-state index in [9.17, 15) is 0 Å². The summed E-state index contributed by atoms with van der Waals surface area (Å²) in [6, 6.07) is 22.7. The number of fused-ring (bicyclic) bond motifs is 3. The second-order valence-electron chi connectivity index (χ2n) is 8.83. The number of hydrogen-bond acceptors (Lipinski definition) is 0. The van der Waals surface area contributed by atoms with Crippen molar-refractivity contribution in [1.29, 1.82) is 0 Å². The molecule has 3 aromatic rings. The Bertz CT molecular complexity index is 1210. The normalized spacial score (nSPS) is 13.7. The molecule has 0 spiro atoms. The molecule has 0 aromatic heterocycles. The first-order valence-corrected chi connectivity index (χ1v) is 12.9. The third-order valence-electron chi connectivity index (χ3n) is 5.88. The molecule has 0 amide bonds. The maximum Gasteiger partial charge on any atom is -1.00 e. The zero-order valence-corrected chi connectivity index (χ0v) is 25.4.